The van der Waals surface area contributed by atoms with Crippen molar-refractivity contribution in [2.75, 3.05) is 17.6 Å². The summed E-state index contributed by atoms with van der Waals surface area (Å²) in [6.07, 6.45) is 0.797. The van der Waals surface area contributed by atoms with Gasteiger partial charge in [-0.3, -0.25) is 0 Å². The molecule has 5 atom stereocenters. The third kappa shape index (κ3) is 1.38. The summed E-state index contributed by atoms with van der Waals surface area (Å²) in [5, 5.41) is -0.497. The van der Waals surface area contributed by atoms with E-state index >= 15 is 0 Å². The summed E-state index contributed by atoms with van der Waals surface area (Å²) in [6.45, 7) is 0. The van der Waals surface area contributed by atoms with Crippen LogP contribution in [0.25, 0.3) is 0 Å². The van der Waals surface area contributed by atoms with Gasteiger partial charge < -0.3 is 0 Å². The van der Waals surface area contributed by atoms with Crippen molar-refractivity contribution in [3.63, 3.8) is 0 Å². The van der Waals surface area contributed by atoms with Crippen molar-refractivity contribution >= 4 is 69.6 Å². The van der Waals surface area contributed by atoms with Crippen molar-refractivity contribution < 1.29 is 0 Å². The van der Waals surface area contributed by atoms with Crippen molar-refractivity contribution in [3.8, 4) is 0 Å². The summed E-state index contributed by atoms with van der Waals surface area (Å²) >= 11 is 37.6. The molecule has 0 saturated heterocycles. The fraction of sp³-hybridized carbons (Fsp3) is 1.00. The van der Waals surface area contributed by atoms with E-state index in [9.17, 15) is 0 Å². The predicted octanol–water partition coefficient (Wildman–Crippen LogP) is 4.53. The van der Waals surface area contributed by atoms with E-state index in [4.69, 9.17) is 69.6 Å². The lowest BCUT2D eigenvalue weighted by Gasteiger charge is -2.43. The van der Waals surface area contributed by atoms with E-state index in [-0.39, 0.29) is 27.5 Å². The van der Waals surface area contributed by atoms with Gasteiger partial charge in [-0.15, -0.1) is 69.6 Å². The first-order chi connectivity index (χ1) is 7.51. The van der Waals surface area contributed by atoms with E-state index in [2.05, 4.69) is 0 Å². The third-order valence-electron chi connectivity index (χ3n) is 4.51. The molecule has 0 nitrogen and oxygen atoms in total. The van der Waals surface area contributed by atoms with Crippen LogP contribution in [0.1, 0.15) is 6.42 Å². The van der Waals surface area contributed by atoms with Crippen molar-refractivity contribution in [3.05, 3.63) is 0 Å². The first-order valence-electron chi connectivity index (χ1n) is 5.12. The molecule has 2 saturated carbocycles. The van der Waals surface area contributed by atoms with Gasteiger partial charge in [0.15, 0.2) is 0 Å². The van der Waals surface area contributed by atoms with Gasteiger partial charge in [0.1, 0.15) is 0 Å². The maximum absolute atomic E-state index is 6.43. The monoisotopic (exact) mass is 342 g/mol. The Morgan fingerprint density at radius 3 is 1.88 bits per heavy atom. The molecule has 2 bridgehead atoms. The van der Waals surface area contributed by atoms with E-state index in [1.807, 2.05) is 0 Å². The fourth-order valence-corrected chi connectivity index (χ4v) is 7.29. The molecular weight excluding hydrogens is 333 g/mol. The predicted molar refractivity (Wildman–Crippen MR) is 74.1 cm³/mol. The third-order valence-corrected chi connectivity index (χ3v) is 7.82. The Labute approximate surface area is 126 Å². The number of alkyl halides is 6. The molecule has 1 unspecified atom stereocenters. The Balaban J connectivity index is 2.54. The van der Waals surface area contributed by atoms with Crippen LogP contribution in [-0.2, 0) is 0 Å². The second kappa shape index (κ2) is 4.69. The van der Waals surface area contributed by atoms with E-state index in [0.717, 1.165) is 6.42 Å². The minimum absolute atomic E-state index is 0.0926. The Bertz CT molecular complexity index is 278. The molecule has 16 heavy (non-hydrogen) atoms. The van der Waals surface area contributed by atoms with Crippen LogP contribution in [0.5, 0.6) is 0 Å². The second-order valence-electron chi connectivity index (χ2n) is 4.75. The van der Waals surface area contributed by atoms with Gasteiger partial charge in [-0.2, -0.15) is 0 Å². The topological polar surface area (TPSA) is 0 Å². The summed E-state index contributed by atoms with van der Waals surface area (Å²) in [5.74, 6) is 1.33. The minimum atomic E-state index is -0.446. The van der Waals surface area contributed by atoms with Crippen molar-refractivity contribution in [2.45, 2.75) is 22.6 Å². The average molecular weight is 345 g/mol. The van der Waals surface area contributed by atoms with E-state index in [1.54, 1.807) is 0 Å². The van der Waals surface area contributed by atoms with Crippen LogP contribution in [0.2, 0.25) is 0 Å². The van der Waals surface area contributed by atoms with Crippen molar-refractivity contribution in [1.82, 2.24) is 0 Å². The molecule has 0 amide bonds. The maximum atomic E-state index is 6.43. The molecule has 0 spiro atoms. The molecular formula is C10H12Cl6. The van der Waals surface area contributed by atoms with Gasteiger partial charge in [0.2, 0.25) is 0 Å². The first-order valence-corrected chi connectivity index (χ1v) is 8.03. The van der Waals surface area contributed by atoms with Crippen LogP contribution in [0, 0.1) is 16.7 Å². The van der Waals surface area contributed by atoms with E-state index in [1.165, 1.54) is 0 Å². The zero-order valence-corrected chi connectivity index (χ0v) is 12.9. The fourth-order valence-electron chi connectivity index (χ4n) is 3.46. The molecule has 0 N–H and O–H groups in total. The SMILES string of the molecule is ClCC1(CCl)C2C[C@H](Cl)[C@@]1(CCl)[C@H](Cl)[C@H]2Cl. The summed E-state index contributed by atoms with van der Waals surface area (Å²) in [7, 11) is 0. The molecule has 2 rings (SSSR count). The van der Waals surface area contributed by atoms with E-state index in [0.29, 0.717) is 17.6 Å². The highest BCUT2D eigenvalue weighted by Crippen LogP contribution is 2.71. The molecule has 0 aliphatic heterocycles. The lowest BCUT2D eigenvalue weighted by atomic mass is 9.70. The Morgan fingerprint density at radius 1 is 0.938 bits per heavy atom. The molecule has 94 valence electrons. The molecule has 2 aliphatic carbocycles. The largest absolute Gasteiger partial charge is 0.126 e. The molecule has 2 aliphatic rings. The molecule has 0 aromatic rings. The summed E-state index contributed by atoms with van der Waals surface area (Å²) in [4.78, 5) is 0. The lowest BCUT2D eigenvalue weighted by molar-refractivity contribution is 0.170. The smallest absolute Gasteiger partial charge is 0.0590 e. The van der Waals surface area contributed by atoms with Crippen LogP contribution < -0.4 is 0 Å². The highest BCUT2D eigenvalue weighted by molar-refractivity contribution is 6.34. The zero-order chi connectivity index (χ0) is 12.1. The van der Waals surface area contributed by atoms with E-state index < -0.39 is 5.41 Å². The summed E-state index contributed by atoms with van der Waals surface area (Å²) in [6, 6.07) is 0. The van der Waals surface area contributed by atoms with Gasteiger partial charge in [-0.1, -0.05) is 0 Å². The number of rotatable bonds is 3. The van der Waals surface area contributed by atoms with Crippen molar-refractivity contribution in [1.29, 1.82) is 0 Å². The maximum Gasteiger partial charge on any atom is 0.0590 e. The average Bonchev–Trinajstić information content (AvgIpc) is 2.65. The van der Waals surface area contributed by atoms with Crippen LogP contribution in [0.3, 0.4) is 0 Å². The van der Waals surface area contributed by atoms with Crippen LogP contribution in [-0.4, -0.2) is 33.8 Å². The van der Waals surface area contributed by atoms with Crippen LogP contribution >= 0.6 is 69.6 Å². The van der Waals surface area contributed by atoms with Gasteiger partial charge in [-0.05, 0) is 12.3 Å². The molecule has 0 radical (unpaired) electrons. The molecule has 0 aromatic heterocycles. The molecule has 6 heteroatoms. The van der Waals surface area contributed by atoms with Gasteiger partial charge in [-0.25, -0.2) is 0 Å². The number of fused-ring (bicyclic) bond motifs is 2. The molecule has 2 fully saturated rings. The summed E-state index contributed by atoms with van der Waals surface area (Å²) < 4.78 is 0. The Morgan fingerprint density at radius 2 is 1.50 bits per heavy atom. The quantitative estimate of drug-likeness (QED) is 0.660. The van der Waals surface area contributed by atoms with Gasteiger partial charge in [0.05, 0.1) is 10.8 Å². The van der Waals surface area contributed by atoms with Gasteiger partial charge >= 0.3 is 0 Å². The van der Waals surface area contributed by atoms with Gasteiger partial charge in [0, 0.05) is 33.8 Å². The molecule has 0 heterocycles. The zero-order valence-electron chi connectivity index (χ0n) is 8.41. The highest BCUT2D eigenvalue weighted by atomic mass is 35.5. The first kappa shape index (κ1) is 14.2. The van der Waals surface area contributed by atoms with Crippen LogP contribution in [0.15, 0.2) is 0 Å². The standard InChI is InChI=1S/C10H12Cl6/c11-2-9(3-12)5-1-6(14)10(9,4-13)8(16)7(5)15/h5-8H,1-4H2/t5?,6-,7-,8+,10-/m0/s1. The lowest BCUT2D eigenvalue weighted by Crippen LogP contribution is -2.49. The molecule has 0 aromatic carbocycles. The minimum Gasteiger partial charge on any atom is -0.126 e. The number of hydrogen-bond acceptors (Lipinski definition) is 0. The second-order valence-corrected chi connectivity index (χ2v) is 7.06. The Hall–Kier alpha value is 1.74. The Kier molecular flexibility index (Phi) is 4.15. The number of hydrogen-bond donors (Lipinski definition) is 0. The highest BCUT2D eigenvalue weighted by Gasteiger charge is 2.74. The van der Waals surface area contributed by atoms with Gasteiger partial charge in [0.25, 0.3) is 0 Å². The normalized spacial score (nSPS) is 49.9. The summed E-state index contributed by atoms with van der Waals surface area (Å²) in [5.41, 5.74) is -0.776. The van der Waals surface area contributed by atoms with Crippen LogP contribution in [0.4, 0.5) is 0 Å². The number of halogens is 6. The van der Waals surface area contributed by atoms with Crippen molar-refractivity contribution in [2.24, 2.45) is 16.7 Å².